The van der Waals surface area contributed by atoms with Gasteiger partial charge in [0, 0.05) is 25.0 Å². The molecule has 0 saturated carbocycles. The summed E-state index contributed by atoms with van der Waals surface area (Å²) in [5.41, 5.74) is 1.59. The molecule has 0 bridgehead atoms. The summed E-state index contributed by atoms with van der Waals surface area (Å²) < 4.78 is 13.7. The summed E-state index contributed by atoms with van der Waals surface area (Å²) in [4.78, 5) is 42.9. The van der Waals surface area contributed by atoms with Crippen LogP contribution in [0.1, 0.15) is 21.6 Å². The molecule has 2 aromatic heterocycles. The Labute approximate surface area is 160 Å². The average Bonchev–Trinajstić information content (AvgIpc) is 3.09. The molecule has 0 aliphatic carbocycles. The van der Waals surface area contributed by atoms with Crippen LogP contribution in [0.25, 0.3) is 0 Å². The number of amides is 2. The van der Waals surface area contributed by atoms with Crippen LogP contribution in [0.4, 0.5) is 15.3 Å². The Balaban J connectivity index is 2.39. The highest BCUT2D eigenvalue weighted by molar-refractivity contribution is 6.13. The Morgan fingerprint density at radius 3 is 2.39 bits per heavy atom. The number of H-pyrrole nitrogens is 1. The fourth-order valence-corrected chi connectivity index (χ4v) is 2.35. The van der Waals surface area contributed by atoms with Gasteiger partial charge in [0.2, 0.25) is 5.96 Å². The minimum Gasteiger partial charge on any atom is -0.464 e. The van der Waals surface area contributed by atoms with Crippen LogP contribution in [-0.4, -0.2) is 60.3 Å². The highest BCUT2D eigenvalue weighted by Gasteiger charge is 2.30. The molecular weight excluding hydrogens is 370 g/mol. The topological polar surface area (TPSA) is 147 Å². The molecule has 0 radical (unpaired) electrons. The Bertz CT molecular complexity index is 863. The van der Waals surface area contributed by atoms with Gasteiger partial charge in [-0.05, 0) is 17.2 Å². The lowest BCUT2D eigenvalue weighted by Gasteiger charge is -2.20. The van der Waals surface area contributed by atoms with E-state index in [1.54, 1.807) is 24.7 Å². The summed E-state index contributed by atoms with van der Waals surface area (Å²) >= 11 is 0. The summed E-state index contributed by atoms with van der Waals surface area (Å²) in [6, 6.07) is 3.59. The van der Waals surface area contributed by atoms with Crippen LogP contribution in [0.2, 0.25) is 0 Å². The first-order chi connectivity index (χ1) is 13.4. The van der Waals surface area contributed by atoms with E-state index >= 15 is 0 Å². The first kappa shape index (κ1) is 20.4. The Morgan fingerprint density at radius 1 is 1.18 bits per heavy atom. The largest absolute Gasteiger partial charge is 0.464 e. The molecule has 0 aliphatic heterocycles. The summed E-state index contributed by atoms with van der Waals surface area (Å²) in [6.45, 7) is 0. The molecule has 0 spiro atoms. The second kappa shape index (κ2) is 9.16. The molecule has 148 valence electrons. The highest BCUT2D eigenvalue weighted by atomic mass is 16.6. The lowest BCUT2D eigenvalue weighted by Crippen LogP contribution is -2.45. The third kappa shape index (κ3) is 4.44. The first-order valence-electron chi connectivity index (χ1n) is 7.92. The third-order valence-corrected chi connectivity index (χ3v) is 3.65. The molecule has 2 aromatic rings. The molecule has 0 aromatic carbocycles. The molecule has 0 aliphatic rings. The number of esters is 1. The van der Waals surface area contributed by atoms with Gasteiger partial charge in [0.15, 0.2) is 0 Å². The molecule has 0 saturated heterocycles. The van der Waals surface area contributed by atoms with E-state index < -0.39 is 24.1 Å². The number of ether oxygens (including phenoxy) is 3. The summed E-state index contributed by atoms with van der Waals surface area (Å²) in [6.07, 6.45) is 2.92. The molecule has 28 heavy (non-hydrogen) atoms. The van der Waals surface area contributed by atoms with E-state index in [2.05, 4.69) is 24.8 Å². The maximum absolute atomic E-state index is 12.1. The number of rotatable bonds is 4. The maximum atomic E-state index is 12.1. The number of nitrogens with zero attached hydrogens (tertiary/aromatic N) is 2. The van der Waals surface area contributed by atoms with Crippen molar-refractivity contribution in [1.82, 2.24) is 14.9 Å². The Kier molecular flexibility index (Phi) is 6.68. The van der Waals surface area contributed by atoms with Gasteiger partial charge >= 0.3 is 18.2 Å². The number of nitrogens with one attached hydrogen (secondary N) is 3. The summed E-state index contributed by atoms with van der Waals surface area (Å²) in [5.74, 6) is -1.37. The monoisotopic (exact) mass is 389 g/mol. The van der Waals surface area contributed by atoms with Crippen molar-refractivity contribution in [2.45, 2.75) is 6.42 Å². The molecule has 0 fully saturated rings. The quantitative estimate of drug-likeness (QED) is 0.311. The van der Waals surface area contributed by atoms with Crippen LogP contribution >= 0.6 is 0 Å². The maximum Gasteiger partial charge on any atom is 0.426 e. The Morgan fingerprint density at radius 2 is 1.86 bits per heavy atom. The summed E-state index contributed by atoms with van der Waals surface area (Å²) in [7, 11) is 3.30. The molecule has 11 heteroatoms. The van der Waals surface area contributed by atoms with Crippen LogP contribution in [0.5, 0.6) is 0 Å². The van der Waals surface area contributed by atoms with Gasteiger partial charge in [0.25, 0.3) is 0 Å². The number of methoxy groups -OCH3 is 3. The van der Waals surface area contributed by atoms with E-state index in [0.717, 1.165) is 19.8 Å². The predicted octanol–water partition coefficient (Wildman–Crippen LogP) is 1.97. The normalized spacial score (nSPS) is 9.96. The van der Waals surface area contributed by atoms with Crippen molar-refractivity contribution in [3.8, 4) is 0 Å². The third-order valence-electron chi connectivity index (χ3n) is 3.65. The smallest absolute Gasteiger partial charge is 0.426 e. The van der Waals surface area contributed by atoms with Gasteiger partial charge in [-0.25, -0.2) is 14.4 Å². The van der Waals surface area contributed by atoms with Crippen molar-refractivity contribution in [2.24, 2.45) is 0 Å². The minimum absolute atomic E-state index is 0.0146. The van der Waals surface area contributed by atoms with E-state index in [9.17, 15) is 14.4 Å². The summed E-state index contributed by atoms with van der Waals surface area (Å²) in [5, 5.41) is 10.7. The molecular formula is C17H19N5O6. The van der Waals surface area contributed by atoms with Gasteiger partial charge < -0.3 is 24.5 Å². The second-order valence-electron chi connectivity index (χ2n) is 5.34. The SMILES string of the molecule is COC(=O)c1[nH]cc(Cc2cccnc2)c1NC(=N)N(C(=O)OC)C(=O)OC. The van der Waals surface area contributed by atoms with Gasteiger partial charge in [-0.15, -0.1) is 4.90 Å². The molecule has 2 amide bonds. The van der Waals surface area contributed by atoms with Crippen molar-refractivity contribution in [1.29, 1.82) is 5.41 Å². The number of carbonyl (C=O) groups excluding carboxylic acids is 3. The van der Waals surface area contributed by atoms with Crippen molar-refractivity contribution in [3.05, 3.63) is 47.5 Å². The van der Waals surface area contributed by atoms with E-state index in [0.29, 0.717) is 16.9 Å². The molecule has 0 atom stereocenters. The Hall–Kier alpha value is -3.89. The number of pyridine rings is 1. The van der Waals surface area contributed by atoms with Gasteiger partial charge in [-0.3, -0.25) is 10.4 Å². The van der Waals surface area contributed by atoms with Gasteiger partial charge in [0.1, 0.15) is 5.69 Å². The average molecular weight is 389 g/mol. The minimum atomic E-state index is -1.13. The number of aromatic nitrogens is 2. The number of imide groups is 1. The fourth-order valence-electron chi connectivity index (χ4n) is 2.35. The van der Waals surface area contributed by atoms with E-state index in [-0.39, 0.29) is 11.4 Å². The first-order valence-corrected chi connectivity index (χ1v) is 7.92. The zero-order chi connectivity index (χ0) is 20.7. The van der Waals surface area contributed by atoms with Crippen LogP contribution in [0.3, 0.4) is 0 Å². The van der Waals surface area contributed by atoms with Crippen LogP contribution in [0.15, 0.2) is 30.7 Å². The van der Waals surface area contributed by atoms with Crippen LogP contribution in [-0.2, 0) is 20.6 Å². The number of guanidine groups is 1. The van der Waals surface area contributed by atoms with Crippen molar-refractivity contribution >= 4 is 29.8 Å². The van der Waals surface area contributed by atoms with Crippen molar-refractivity contribution in [3.63, 3.8) is 0 Å². The molecule has 2 rings (SSSR count). The lowest BCUT2D eigenvalue weighted by molar-refractivity contribution is 0.0596. The number of aromatic amines is 1. The van der Waals surface area contributed by atoms with Gasteiger partial charge in [-0.2, -0.15) is 0 Å². The predicted molar refractivity (Wildman–Crippen MR) is 97.2 cm³/mol. The second-order valence-corrected chi connectivity index (χ2v) is 5.34. The molecule has 2 heterocycles. The number of anilines is 1. The van der Waals surface area contributed by atoms with Crippen LogP contribution < -0.4 is 5.32 Å². The molecule has 11 nitrogen and oxygen atoms in total. The molecule has 3 N–H and O–H groups in total. The molecule has 0 unspecified atom stereocenters. The fraction of sp³-hybridized carbons (Fsp3) is 0.235. The van der Waals surface area contributed by atoms with Crippen molar-refractivity contribution in [2.75, 3.05) is 26.6 Å². The standard InChI is InChI=1S/C17H19N5O6/c1-26-14(23)13-12(11(9-20-13)7-10-5-4-6-19-8-10)21-15(18)22(16(24)27-2)17(25)28-3/h4-6,8-9,20H,7H2,1-3H3,(H2,18,21). The highest BCUT2D eigenvalue weighted by Crippen LogP contribution is 2.25. The van der Waals surface area contributed by atoms with Gasteiger partial charge in [-0.1, -0.05) is 6.07 Å². The van der Waals surface area contributed by atoms with E-state index in [1.807, 2.05) is 6.07 Å². The number of carbonyl (C=O) groups is 3. The number of hydrogen-bond acceptors (Lipinski definition) is 8. The van der Waals surface area contributed by atoms with Crippen LogP contribution in [0, 0.1) is 5.41 Å². The lowest BCUT2D eigenvalue weighted by atomic mass is 10.1. The van der Waals surface area contributed by atoms with E-state index in [4.69, 9.17) is 10.1 Å². The van der Waals surface area contributed by atoms with E-state index in [1.165, 1.54) is 7.11 Å². The zero-order valence-corrected chi connectivity index (χ0v) is 15.4. The zero-order valence-electron chi connectivity index (χ0n) is 15.4. The van der Waals surface area contributed by atoms with Gasteiger partial charge in [0.05, 0.1) is 27.0 Å². The number of hydrogen-bond donors (Lipinski definition) is 3. The van der Waals surface area contributed by atoms with Crippen molar-refractivity contribution < 1.29 is 28.6 Å².